The number of aromatic nitrogens is 2. The summed E-state index contributed by atoms with van der Waals surface area (Å²) in [7, 11) is 0. The number of amides is 2. The first kappa shape index (κ1) is 20.2. The summed E-state index contributed by atoms with van der Waals surface area (Å²) in [4.78, 5) is 17.3. The Hall–Kier alpha value is -3.06. The summed E-state index contributed by atoms with van der Waals surface area (Å²) in [5, 5.41) is 16.8. The molecule has 0 radical (unpaired) electrons. The Morgan fingerprint density at radius 1 is 1.43 bits per heavy atom. The van der Waals surface area contributed by atoms with Crippen LogP contribution in [0.5, 0.6) is 0 Å². The Balaban J connectivity index is 1.62. The van der Waals surface area contributed by atoms with Gasteiger partial charge in [0.15, 0.2) is 0 Å². The predicted molar refractivity (Wildman–Crippen MR) is 102 cm³/mol. The lowest BCUT2D eigenvalue weighted by Gasteiger charge is -2.33. The zero-order chi connectivity index (χ0) is 21.6. The van der Waals surface area contributed by atoms with Crippen LogP contribution in [0.1, 0.15) is 36.7 Å². The van der Waals surface area contributed by atoms with Crippen LogP contribution in [0.15, 0.2) is 18.2 Å². The highest BCUT2D eigenvalue weighted by atomic mass is 19.3. The summed E-state index contributed by atoms with van der Waals surface area (Å²) in [5.74, 6) is -3.84. The van der Waals surface area contributed by atoms with Crippen LogP contribution in [0.4, 0.5) is 29.3 Å². The van der Waals surface area contributed by atoms with Crippen LogP contribution in [0, 0.1) is 12.4 Å². The molecule has 0 spiro atoms. The molecule has 0 unspecified atom stereocenters. The number of anilines is 1. The topological polar surface area (TPSA) is 74.8 Å². The number of alkyl halides is 2. The molecular formula is C20H20F3N5O2. The van der Waals surface area contributed by atoms with E-state index in [2.05, 4.69) is 15.3 Å². The van der Waals surface area contributed by atoms with Gasteiger partial charge in [0.25, 0.3) is 5.92 Å². The van der Waals surface area contributed by atoms with Crippen LogP contribution in [-0.2, 0) is 25.4 Å². The second-order valence-electron chi connectivity index (χ2n) is 7.74. The van der Waals surface area contributed by atoms with Crippen molar-refractivity contribution in [3.63, 3.8) is 0 Å². The number of rotatable bonds is 1. The SMILES string of the molecule is [C-]#[N+]c1cc(NC(=O)N2Cc3c(nn4c3C(F)(F)CC[C@H](O)C4)C[C@H]2C)ccc1F. The number of hydrogen-bond acceptors (Lipinski definition) is 3. The Kier molecular flexibility index (Phi) is 4.94. The van der Waals surface area contributed by atoms with Crippen LogP contribution in [0.25, 0.3) is 4.85 Å². The van der Waals surface area contributed by atoms with Gasteiger partial charge in [-0.15, -0.1) is 0 Å². The summed E-state index contributed by atoms with van der Waals surface area (Å²) >= 11 is 0. The summed E-state index contributed by atoms with van der Waals surface area (Å²) in [5.41, 5.74) is 0.598. The number of aliphatic hydroxyl groups is 1. The van der Waals surface area contributed by atoms with Crippen molar-refractivity contribution in [2.45, 2.75) is 57.3 Å². The van der Waals surface area contributed by atoms with E-state index in [-0.39, 0.29) is 42.6 Å². The van der Waals surface area contributed by atoms with E-state index in [1.165, 1.54) is 21.7 Å². The largest absolute Gasteiger partial charge is 0.391 e. The Bertz CT molecular complexity index is 1050. The molecule has 3 heterocycles. The summed E-state index contributed by atoms with van der Waals surface area (Å²) in [6.07, 6.45) is -1.11. The summed E-state index contributed by atoms with van der Waals surface area (Å²) < 4.78 is 44.3. The van der Waals surface area contributed by atoms with Gasteiger partial charge in [0.2, 0.25) is 5.69 Å². The highest BCUT2D eigenvalue weighted by Crippen LogP contribution is 2.41. The summed E-state index contributed by atoms with van der Waals surface area (Å²) in [6, 6.07) is 2.80. The zero-order valence-electron chi connectivity index (χ0n) is 16.2. The molecular weight excluding hydrogens is 399 g/mol. The third kappa shape index (κ3) is 3.50. The van der Waals surface area contributed by atoms with Gasteiger partial charge in [0, 0.05) is 30.1 Å². The van der Waals surface area contributed by atoms with E-state index in [0.29, 0.717) is 17.7 Å². The lowest BCUT2D eigenvalue weighted by molar-refractivity contribution is -0.0250. The highest BCUT2D eigenvalue weighted by Gasteiger charge is 2.44. The molecule has 0 fully saturated rings. The van der Waals surface area contributed by atoms with Crippen LogP contribution in [-0.4, -0.2) is 38.0 Å². The van der Waals surface area contributed by atoms with Crippen molar-refractivity contribution in [2.75, 3.05) is 5.32 Å². The third-order valence-electron chi connectivity index (χ3n) is 5.58. The first-order valence-electron chi connectivity index (χ1n) is 9.59. The Morgan fingerprint density at radius 2 is 2.20 bits per heavy atom. The van der Waals surface area contributed by atoms with Gasteiger partial charge in [-0.2, -0.15) is 13.9 Å². The van der Waals surface area contributed by atoms with Crippen molar-refractivity contribution in [1.29, 1.82) is 0 Å². The molecule has 2 aromatic rings. The van der Waals surface area contributed by atoms with E-state index in [1.807, 2.05) is 0 Å². The van der Waals surface area contributed by atoms with Crippen LogP contribution < -0.4 is 5.32 Å². The maximum absolute atomic E-state index is 14.8. The van der Waals surface area contributed by atoms with E-state index in [0.717, 1.165) is 6.07 Å². The quantitative estimate of drug-likeness (QED) is 0.691. The van der Waals surface area contributed by atoms with Crippen molar-refractivity contribution >= 4 is 17.4 Å². The molecule has 2 N–H and O–H groups in total. The normalized spacial score (nSPS) is 22.5. The zero-order valence-corrected chi connectivity index (χ0v) is 16.2. The first-order valence-corrected chi connectivity index (χ1v) is 9.59. The second-order valence-corrected chi connectivity index (χ2v) is 7.74. The van der Waals surface area contributed by atoms with Crippen LogP contribution in [0.3, 0.4) is 0 Å². The molecule has 7 nitrogen and oxygen atoms in total. The van der Waals surface area contributed by atoms with E-state index >= 15 is 0 Å². The van der Waals surface area contributed by atoms with Gasteiger partial charge < -0.3 is 15.3 Å². The standard InChI is InChI=1S/C20H20F3N5O2/c1-11-7-16-14(18-20(22,23)6-5-13(29)9-28(18)26-16)10-27(11)19(30)25-12-3-4-15(21)17(8-12)24-2/h3-4,8,11,13,29H,5-7,9-10H2,1H3,(H,25,30)/t11-,13+/m1/s1. The lowest BCUT2D eigenvalue weighted by atomic mass is 9.96. The average Bonchev–Trinajstić information content (AvgIpc) is 2.99. The number of benzene rings is 1. The molecule has 2 aliphatic heterocycles. The van der Waals surface area contributed by atoms with Gasteiger partial charge in [0.05, 0.1) is 31.5 Å². The number of aliphatic hydroxyl groups excluding tert-OH is 1. The fraction of sp³-hybridized carbons (Fsp3) is 0.450. The molecule has 10 heteroatoms. The van der Waals surface area contributed by atoms with Crippen LogP contribution in [0.2, 0.25) is 0 Å². The molecule has 30 heavy (non-hydrogen) atoms. The monoisotopic (exact) mass is 419 g/mol. The molecule has 0 bridgehead atoms. The average molecular weight is 419 g/mol. The maximum atomic E-state index is 14.8. The minimum atomic E-state index is -3.15. The molecule has 0 saturated heterocycles. The van der Waals surface area contributed by atoms with Gasteiger partial charge in [-0.1, -0.05) is 0 Å². The molecule has 2 amide bonds. The minimum absolute atomic E-state index is 0.00647. The Morgan fingerprint density at radius 3 is 2.93 bits per heavy atom. The number of carbonyl (C=O) groups is 1. The van der Waals surface area contributed by atoms with Gasteiger partial charge in [-0.3, -0.25) is 4.68 Å². The minimum Gasteiger partial charge on any atom is -0.391 e. The number of fused-ring (bicyclic) bond motifs is 3. The molecule has 4 rings (SSSR count). The second kappa shape index (κ2) is 7.32. The van der Waals surface area contributed by atoms with Crippen molar-refractivity contribution in [2.24, 2.45) is 0 Å². The smallest absolute Gasteiger partial charge is 0.322 e. The molecule has 1 aromatic heterocycles. The molecule has 2 atom stereocenters. The van der Waals surface area contributed by atoms with Crippen molar-refractivity contribution in [3.8, 4) is 0 Å². The van der Waals surface area contributed by atoms with E-state index in [1.54, 1.807) is 6.92 Å². The van der Waals surface area contributed by atoms with Crippen molar-refractivity contribution in [1.82, 2.24) is 14.7 Å². The molecule has 0 aliphatic carbocycles. The molecule has 158 valence electrons. The van der Waals surface area contributed by atoms with E-state index in [4.69, 9.17) is 6.57 Å². The van der Waals surface area contributed by atoms with Crippen molar-refractivity contribution < 1.29 is 23.1 Å². The Labute approximate surface area is 170 Å². The molecule has 2 aliphatic rings. The number of hydrogen-bond donors (Lipinski definition) is 2. The maximum Gasteiger partial charge on any atom is 0.322 e. The van der Waals surface area contributed by atoms with Gasteiger partial charge in [-0.25, -0.2) is 14.0 Å². The number of nitrogens with one attached hydrogen (secondary N) is 1. The van der Waals surface area contributed by atoms with Gasteiger partial charge in [-0.05, 0) is 31.5 Å². The van der Waals surface area contributed by atoms with Crippen LogP contribution >= 0.6 is 0 Å². The lowest BCUT2D eigenvalue weighted by Crippen LogP contribution is -2.45. The van der Waals surface area contributed by atoms with Gasteiger partial charge in [0.1, 0.15) is 11.5 Å². The summed E-state index contributed by atoms with van der Waals surface area (Å²) in [6.45, 7) is 8.70. The number of nitrogens with zero attached hydrogens (tertiary/aromatic N) is 4. The number of carbonyl (C=O) groups excluding carboxylic acids is 1. The molecule has 1 aromatic carbocycles. The first-order chi connectivity index (χ1) is 14.2. The highest BCUT2D eigenvalue weighted by molar-refractivity contribution is 5.90. The number of halogens is 3. The third-order valence-corrected chi connectivity index (χ3v) is 5.58. The van der Waals surface area contributed by atoms with Gasteiger partial charge >= 0.3 is 6.03 Å². The van der Waals surface area contributed by atoms with Crippen molar-refractivity contribution in [3.05, 3.63) is 52.4 Å². The fourth-order valence-corrected chi connectivity index (χ4v) is 4.04. The fourth-order valence-electron chi connectivity index (χ4n) is 4.04. The number of urea groups is 1. The molecule has 0 saturated carbocycles. The predicted octanol–water partition coefficient (Wildman–Crippen LogP) is 3.80. The van der Waals surface area contributed by atoms with E-state index < -0.39 is 30.3 Å². The van der Waals surface area contributed by atoms with E-state index in [9.17, 15) is 23.1 Å².